The van der Waals surface area contributed by atoms with Crippen LogP contribution in [0.15, 0.2) is 47.3 Å². The maximum atomic E-state index is 11.3. The Labute approximate surface area is 116 Å². The molecule has 1 heterocycles. The van der Waals surface area contributed by atoms with Crippen molar-refractivity contribution >= 4 is 11.0 Å². The van der Waals surface area contributed by atoms with Crippen LogP contribution in [0.5, 0.6) is 0 Å². The highest BCUT2D eigenvalue weighted by molar-refractivity contribution is 5.76. The molecule has 0 amide bonds. The Morgan fingerprint density at radius 3 is 2.45 bits per heavy atom. The van der Waals surface area contributed by atoms with Gasteiger partial charge in [0.25, 0.3) is 0 Å². The number of imidazole rings is 1. The number of nitrogens with one attached hydrogen (secondary N) is 2. The molecule has 4 N–H and O–H groups in total. The second-order valence-corrected chi connectivity index (χ2v) is 5.13. The molecule has 1 aromatic heterocycles. The first-order valence-corrected chi connectivity index (χ1v) is 6.65. The van der Waals surface area contributed by atoms with Crippen LogP contribution >= 0.6 is 0 Å². The number of nitrogens with two attached hydrogens (primary N) is 1. The summed E-state index contributed by atoms with van der Waals surface area (Å²) < 4.78 is 0. The second-order valence-electron chi connectivity index (χ2n) is 5.13. The number of benzene rings is 2. The highest BCUT2D eigenvalue weighted by Gasteiger charge is 2.12. The summed E-state index contributed by atoms with van der Waals surface area (Å²) >= 11 is 0. The number of rotatable bonds is 3. The fourth-order valence-corrected chi connectivity index (χ4v) is 2.58. The highest BCUT2D eigenvalue weighted by atomic mass is 16.1. The van der Waals surface area contributed by atoms with Gasteiger partial charge in [0.2, 0.25) is 0 Å². The quantitative estimate of drug-likeness (QED) is 0.681. The number of fused-ring (bicyclic) bond motifs is 1. The first-order valence-electron chi connectivity index (χ1n) is 6.65. The lowest BCUT2D eigenvalue weighted by atomic mass is 9.95. The van der Waals surface area contributed by atoms with E-state index in [4.69, 9.17) is 5.73 Å². The first-order chi connectivity index (χ1) is 9.63. The van der Waals surface area contributed by atoms with E-state index in [1.807, 2.05) is 37.3 Å². The number of aromatic amines is 2. The predicted octanol–water partition coefficient (Wildman–Crippen LogP) is 2.41. The van der Waals surface area contributed by atoms with Gasteiger partial charge in [-0.15, -0.1) is 0 Å². The van der Waals surface area contributed by atoms with Crippen molar-refractivity contribution in [2.24, 2.45) is 5.73 Å². The lowest BCUT2D eigenvalue weighted by Crippen LogP contribution is -2.14. The number of aromatic nitrogens is 2. The van der Waals surface area contributed by atoms with Crippen LogP contribution in [0.25, 0.3) is 11.0 Å². The maximum Gasteiger partial charge on any atom is 0.323 e. The Bertz CT molecular complexity index is 786. The van der Waals surface area contributed by atoms with Crippen LogP contribution in [0.2, 0.25) is 0 Å². The molecule has 3 aromatic rings. The summed E-state index contributed by atoms with van der Waals surface area (Å²) in [4.78, 5) is 16.9. The summed E-state index contributed by atoms with van der Waals surface area (Å²) in [6, 6.07) is 14.0. The van der Waals surface area contributed by atoms with E-state index in [-0.39, 0.29) is 11.7 Å². The van der Waals surface area contributed by atoms with Gasteiger partial charge in [0, 0.05) is 6.04 Å². The lowest BCUT2D eigenvalue weighted by molar-refractivity contribution is 0.717. The van der Waals surface area contributed by atoms with E-state index in [1.54, 1.807) is 0 Å². The fraction of sp³-hybridized carbons (Fsp3) is 0.188. The van der Waals surface area contributed by atoms with Crippen molar-refractivity contribution in [3.05, 3.63) is 69.6 Å². The third-order valence-electron chi connectivity index (χ3n) is 3.60. The maximum absolute atomic E-state index is 11.3. The summed E-state index contributed by atoms with van der Waals surface area (Å²) in [6.07, 6.45) is 0.780. The molecule has 0 aliphatic carbocycles. The average molecular weight is 267 g/mol. The van der Waals surface area contributed by atoms with E-state index in [2.05, 4.69) is 22.1 Å². The Morgan fingerprint density at radius 2 is 1.75 bits per heavy atom. The number of hydrogen-bond donors (Lipinski definition) is 3. The molecule has 0 radical (unpaired) electrons. The van der Waals surface area contributed by atoms with Crippen molar-refractivity contribution in [3.8, 4) is 0 Å². The van der Waals surface area contributed by atoms with Crippen molar-refractivity contribution < 1.29 is 0 Å². The van der Waals surface area contributed by atoms with Crippen molar-refractivity contribution in [2.45, 2.75) is 19.4 Å². The molecular weight excluding hydrogens is 250 g/mol. The molecule has 0 saturated carbocycles. The van der Waals surface area contributed by atoms with Crippen LogP contribution in [-0.2, 0) is 6.42 Å². The van der Waals surface area contributed by atoms with Gasteiger partial charge in [0.15, 0.2) is 0 Å². The van der Waals surface area contributed by atoms with E-state index in [0.29, 0.717) is 0 Å². The van der Waals surface area contributed by atoms with Crippen LogP contribution in [0.1, 0.15) is 22.7 Å². The zero-order valence-electron chi connectivity index (χ0n) is 11.3. The van der Waals surface area contributed by atoms with Crippen molar-refractivity contribution in [1.29, 1.82) is 0 Å². The van der Waals surface area contributed by atoms with Crippen LogP contribution in [-0.4, -0.2) is 9.97 Å². The first kappa shape index (κ1) is 12.7. The molecule has 4 nitrogen and oxygen atoms in total. The normalized spacial score (nSPS) is 12.7. The highest BCUT2D eigenvalue weighted by Crippen LogP contribution is 2.23. The van der Waals surface area contributed by atoms with Crippen molar-refractivity contribution in [3.63, 3.8) is 0 Å². The molecule has 1 unspecified atom stereocenters. The van der Waals surface area contributed by atoms with Crippen molar-refractivity contribution in [1.82, 2.24) is 9.97 Å². The Hall–Kier alpha value is -2.33. The smallest absolute Gasteiger partial charge is 0.323 e. The summed E-state index contributed by atoms with van der Waals surface area (Å²) in [5.41, 5.74) is 11.1. The zero-order valence-corrected chi connectivity index (χ0v) is 11.3. The van der Waals surface area contributed by atoms with Gasteiger partial charge < -0.3 is 15.7 Å². The van der Waals surface area contributed by atoms with E-state index < -0.39 is 0 Å². The van der Waals surface area contributed by atoms with Gasteiger partial charge in [-0.2, -0.15) is 0 Å². The van der Waals surface area contributed by atoms with Gasteiger partial charge in [-0.25, -0.2) is 4.79 Å². The van der Waals surface area contributed by atoms with Gasteiger partial charge in [0.05, 0.1) is 11.0 Å². The van der Waals surface area contributed by atoms with Crippen LogP contribution in [0, 0.1) is 6.92 Å². The summed E-state index contributed by atoms with van der Waals surface area (Å²) in [6.45, 7) is 2.02. The lowest BCUT2D eigenvalue weighted by Gasteiger charge is -2.15. The van der Waals surface area contributed by atoms with Crippen LogP contribution in [0.4, 0.5) is 0 Å². The standard InChI is InChI=1S/C16H17N3O/c1-10-7-14-15(19-16(20)18-14)9-12(10)13(17)8-11-5-3-2-4-6-11/h2-7,9,13H,8,17H2,1H3,(H2,18,19,20). The molecule has 0 fully saturated rings. The molecule has 0 aliphatic rings. The Morgan fingerprint density at radius 1 is 1.10 bits per heavy atom. The molecule has 20 heavy (non-hydrogen) atoms. The summed E-state index contributed by atoms with van der Waals surface area (Å²) in [7, 11) is 0. The molecule has 2 aromatic carbocycles. The minimum absolute atomic E-state index is 0.0831. The monoisotopic (exact) mass is 267 g/mol. The SMILES string of the molecule is Cc1cc2[nH]c(=O)[nH]c2cc1C(N)Cc1ccccc1. The van der Waals surface area contributed by atoms with Crippen LogP contribution in [0.3, 0.4) is 0 Å². The molecule has 0 bridgehead atoms. The Kier molecular flexibility index (Phi) is 3.16. The second kappa shape index (κ2) is 4.98. The molecule has 3 rings (SSSR count). The molecule has 1 atom stereocenters. The van der Waals surface area contributed by atoms with E-state index in [1.165, 1.54) is 5.56 Å². The van der Waals surface area contributed by atoms with E-state index >= 15 is 0 Å². The van der Waals surface area contributed by atoms with Gasteiger partial charge in [-0.3, -0.25) is 0 Å². The zero-order chi connectivity index (χ0) is 14.1. The fourth-order valence-electron chi connectivity index (χ4n) is 2.58. The molecular formula is C16H17N3O. The number of aryl methyl sites for hydroxylation is 1. The number of H-pyrrole nitrogens is 2. The summed E-state index contributed by atoms with van der Waals surface area (Å²) in [5, 5.41) is 0. The number of hydrogen-bond acceptors (Lipinski definition) is 2. The van der Waals surface area contributed by atoms with E-state index in [9.17, 15) is 4.79 Å². The summed E-state index contributed by atoms with van der Waals surface area (Å²) in [5.74, 6) is 0. The molecule has 0 aliphatic heterocycles. The molecule has 102 valence electrons. The Balaban J connectivity index is 1.96. The third kappa shape index (κ3) is 2.38. The predicted molar refractivity (Wildman–Crippen MR) is 80.7 cm³/mol. The van der Waals surface area contributed by atoms with Crippen LogP contribution < -0.4 is 11.4 Å². The molecule has 0 saturated heterocycles. The van der Waals surface area contributed by atoms with Gasteiger partial charge >= 0.3 is 5.69 Å². The van der Waals surface area contributed by atoms with Crippen molar-refractivity contribution in [2.75, 3.05) is 0 Å². The van der Waals surface area contributed by atoms with Gasteiger partial charge in [-0.05, 0) is 42.2 Å². The average Bonchev–Trinajstić information content (AvgIpc) is 2.78. The molecule has 0 spiro atoms. The van der Waals surface area contributed by atoms with Gasteiger partial charge in [0.1, 0.15) is 0 Å². The minimum atomic E-state index is -0.187. The largest absolute Gasteiger partial charge is 0.324 e. The molecule has 4 heteroatoms. The topological polar surface area (TPSA) is 74.7 Å². The minimum Gasteiger partial charge on any atom is -0.324 e. The van der Waals surface area contributed by atoms with E-state index in [0.717, 1.165) is 28.6 Å². The van der Waals surface area contributed by atoms with Gasteiger partial charge in [-0.1, -0.05) is 30.3 Å². The third-order valence-corrected chi connectivity index (χ3v) is 3.60.